The van der Waals surface area contributed by atoms with Crippen LogP contribution in [0.3, 0.4) is 0 Å². The van der Waals surface area contributed by atoms with Crippen molar-refractivity contribution in [3.05, 3.63) is 41.5 Å². The topological polar surface area (TPSA) is 0 Å². The molecule has 0 aliphatic rings. The quantitative estimate of drug-likeness (QED) is 0.563. The molecule has 0 aromatic heterocycles. The molecule has 0 nitrogen and oxygen atoms in total. The molecule has 0 atom stereocenters. The van der Waals surface area contributed by atoms with Gasteiger partial charge in [0, 0.05) is 4.43 Å². The second kappa shape index (κ2) is 4.65. The van der Waals surface area contributed by atoms with Gasteiger partial charge in [0.25, 0.3) is 0 Å². The van der Waals surface area contributed by atoms with Crippen molar-refractivity contribution in [1.29, 1.82) is 0 Å². The molecule has 12 heavy (non-hydrogen) atoms. The molecule has 0 bridgehead atoms. The zero-order chi connectivity index (χ0) is 8.97. The minimum Gasteiger partial charge on any atom is -0.0841 e. The van der Waals surface area contributed by atoms with Crippen LogP contribution in [-0.4, -0.2) is 0 Å². The van der Waals surface area contributed by atoms with Crippen molar-refractivity contribution in [2.75, 3.05) is 0 Å². The van der Waals surface area contributed by atoms with Crippen molar-refractivity contribution in [2.24, 2.45) is 0 Å². The van der Waals surface area contributed by atoms with Crippen LogP contribution in [0.1, 0.15) is 25.0 Å². The standard InChI is InChI=1S/C11H13I/c1-3-9(2)11-7-5-4-6-10(11)8-12/h3-7H,8H2,1-2H3/b9-3+. The third kappa shape index (κ3) is 2.09. The second-order valence-electron chi connectivity index (χ2n) is 2.76. The average Bonchev–Trinajstić information content (AvgIpc) is 2.16. The van der Waals surface area contributed by atoms with Gasteiger partial charge in [-0.05, 0) is 30.5 Å². The summed E-state index contributed by atoms with van der Waals surface area (Å²) in [5, 5.41) is 0. The van der Waals surface area contributed by atoms with Crippen LogP contribution in [0, 0.1) is 0 Å². The molecule has 0 N–H and O–H groups in total. The van der Waals surface area contributed by atoms with Gasteiger partial charge in [-0.25, -0.2) is 0 Å². The minimum absolute atomic E-state index is 1.08. The third-order valence-electron chi connectivity index (χ3n) is 2.02. The van der Waals surface area contributed by atoms with Crippen molar-refractivity contribution in [1.82, 2.24) is 0 Å². The summed E-state index contributed by atoms with van der Waals surface area (Å²) in [4.78, 5) is 0. The lowest BCUT2D eigenvalue weighted by atomic mass is 10.0. The Hall–Kier alpha value is -0.310. The van der Waals surface area contributed by atoms with E-state index in [1.165, 1.54) is 16.7 Å². The molecular formula is C11H13I. The number of rotatable bonds is 2. The monoisotopic (exact) mass is 272 g/mol. The van der Waals surface area contributed by atoms with Crippen molar-refractivity contribution in [3.8, 4) is 0 Å². The summed E-state index contributed by atoms with van der Waals surface area (Å²) in [7, 11) is 0. The zero-order valence-corrected chi connectivity index (χ0v) is 9.63. The van der Waals surface area contributed by atoms with E-state index < -0.39 is 0 Å². The molecule has 1 aromatic carbocycles. The van der Waals surface area contributed by atoms with Crippen LogP contribution in [-0.2, 0) is 4.43 Å². The van der Waals surface area contributed by atoms with Crippen LogP contribution < -0.4 is 0 Å². The summed E-state index contributed by atoms with van der Waals surface area (Å²) in [6.07, 6.45) is 2.16. The predicted octanol–water partition coefficient (Wildman–Crippen LogP) is 4.04. The Morgan fingerprint density at radius 3 is 2.67 bits per heavy atom. The molecule has 0 heterocycles. The maximum Gasteiger partial charge on any atom is 0.0253 e. The summed E-state index contributed by atoms with van der Waals surface area (Å²) >= 11 is 2.40. The minimum atomic E-state index is 1.08. The first-order valence-electron chi connectivity index (χ1n) is 4.06. The van der Waals surface area contributed by atoms with Crippen molar-refractivity contribution >= 4 is 28.2 Å². The van der Waals surface area contributed by atoms with Gasteiger partial charge in [0.05, 0.1) is 0 Å². The molecule has 1 heteroatoms. The first kappa shape index (κ1) is 9.78. The lowest BCUT2D eigenvalue weighted by Gasteiger charge is -2.05. The van der Waals surface area contributed by atoms with E-state index in [4.69, 9.17) is 0 Å². The first-order valence-corrected chi connectivity index (χ1v) is 5.59. The van der Waals surface area contributed by atoms with E-state index in [0.717, 1.165) is 4.43 Å². The number of benzene rings is 1. The molecule has 1 rings (SSSR count). The smallest absolute Gasteiger partial charge is 0.0253 e. The highest BCUT2D eigenvalue weighted by atomic mass is 127. The highest BCUT2D eigenvalue weighted by molar-refractivity contribution is 14.1. The van der Waals surface area contributed by atoms with Crippen LogP contribution in [0.5, 0.6) is 0 Å². The molecule has 0 aliphatic carbocycles. The Kier molecular flexibility index (Phi) is 3.79. The number of allylic oxidation sites excluding steroid dienone is 2. The number of hydrogen-bond acceptors (Lipinski definition) is 0. The summed E-state index contributed by atoms with van der Waals surface area (Å²) in [6.45, 7) is 4.24. The number of hydrogen-bond donors (Lipinski definition) is 0. The molecule has 0 fully saturated rings. The van der Waals surface area contributed by atoms with Gasteiger partial charge >= 0.3 is 0 Å². The van der Waals surface area contributed by atoms with Gasteiger partial charge in [0.2, 0.25) is 0 Å². The fourth-order valence-corrected chi connectivity index (χ4v) is 1.84. The fourth-order valence-electron chi connectivity index (χ4n) is 1.18. The molecule has 64 valence electrons. The molecule has 0 saturated carbocycles. The van der Waals surface area contributed by atoms with Gasteiger partial charge in [-0.2, -0.15) is 0 Å². The predicted molar refractivity (Wildman–Crippen MR) is 63.5 cm³/mol. The number of halogens is 1. The van der Waals surface area contributed by atoms with Crippen LogP contribution >= 0.6 is 22.6 Å². The molecule has 0 amide bonds. The molecule has 0 radical (unpaired) electrons. The molecule has 0 spiro atoms. The Balaban J connectivity index is 3.13. The molecule has 0 unspecified atom stereocenters. The van der Waals surface area contributed by atoms with Gasteiger partial charge in [-0.15, -0.1) is 0 Å². The largest absolute Gasteiger partial charge is 0.0841 e. The van der Waals surface area contributed by atoms with Gasteiger partial charge < -0.3 is 0 Å². The fraction of sp³-hybridized carbons (Fsp3) is 0.273. The van der Waals surface area contributed by atoms with E-state index in [9.17, 15) is 0 Å². The van der Waals surface area contributed by atoms with E-state index >= 15 is 0 Å². The molecule has 0 saturated heterocycles. The van der Waals surface area contributed by atoms with Gasteiger partial charge in [-0.3, -0.25) is 0 Å². The van der Waals surface area contributed by atoms with Crippen molar-refractivity contribution in [2.45, 2.75) is 18.3 Å². The highest BCUT2D eigenvalue weighted by Crippen LogP contribution is 2.20. The van der Waals surface area contributed by atoms with Crippen LogP contribution in [0.4, 0.5) is 0 Å². The summed E-state index contributed by atoms with van der Waals surface area (Å²) in [5.74, 6) is 0. The second-order valence-corrected chi connectivity index (χ2v) is 3.53. The Morgan fingerprint density at radius 1 is 1.42 bits per heavy atom. The molecular weight excluding hydrogens is 259 g/mol. The number of alkyl halides is 1. The third-order valence-corrected chi connectivity index (χ3v) is 2.84. The lowest BCUT2D eigenvalue weighted by molar-refractivity contribution is 1.39. The van der Waals surface area contributed by atoms with Crippen LogP contribution in [0.2, 0.25) is 0 Å². The van der Waals surface area contributed by atoms with E-state index in [0.29, 0.717) is 0 Å². The van der Waals surface area contributed by atoms with E-state index in [1.807, 2.05) is 0 Å². The van der Waals surface area contributed by atoms with Crippen LogP contribution in [0.15, 0.2) is 30.3 Å². The summed E-state index contributed by atoms with van der Waals surface area (Å²) in [6, 6.07) is 8.57. The Labute approximate surface area is 87.8 Å². The van der Waals surface area contributed by atoms with Crippen LogP contribution in [0.25, 0.3) is 5.57 Å². The van der Waals surface area contributed by atoms with Gasteiger partial charge in [0.1, 0.15) is 0 Å². The first-order chi connectivity index (χ1) is 5.79. The highest BCUT2D eigenvalue weighted by Gasteiger charge is 1.99. The molecule has 1 aromatic rings. The normalized spacial score (nSPS) is 11.8. The SMILES string of the molecule is C/C=C(\C)c1ccccc1CI. The van der Waals surface area contributed by atoms with E-state index in [2.05, 4.69) is 66.8 Å². The van der Waals surface area contributed by atoms with E-state index in [1.54, 1.807) is 0 Å². The summed E-state index contributed by atoms with van der Waals surface area (Å²) < 4.78 is 1.08. The molecule has 0 aliphatic heterocycles. The maximum absolute atomic E-state index is 2.40. The van der Waals surface area contributed by atoms with Crippen molar-refractivity contribution < 1.29 is 0 Å². The lowest BCUT2D eigenvalue weighted by Crippen LogP contribution is -1.86. The Morgan fingerprint density at radius 2 is 2.08 bits per heavy atom. The average molecular weight is 272 g/mol. The van der Waals surface area contributed by atoms with E-state index in [-0.39, 0.29) is 0 Å². The van der Waals surface area contributed by atoms with Gasteiger partial charge in [0.15, 0.2) is 0 Å². The van der Waals surface area contributed by atoms with Gasteiger partial charge in [-0.1, -0.05) is 52.9 Å². The zero-order valence-electron chi connectivity index (χ0n) is 7.47. The van der Waals surface area contributed by atoms with Crippen molar-refractivity contribution in [3.63, 3.8) is 0 Å². The Bertz CT molecular complexity index is 287. The maximum atomic E-state index is 2.40. The summed E-state index contributed by atoms with van der Waals surface area (Å²) in [5.41, 5.74) is 4.17.